The molecule has 1 aliphatic rings. The standard InChI is InChI=1S/C13H16O5/c1-17-12-9(7-14)18-13(11(12)16)10(15)8-5-3-2-4-6-8/h2-6,9,11-14,16H,7H2,1H3/t9-,11?,12?,13+/m1/s1. The van der Waals surface area contributed by atoms with Gasteiger partial charge in [-0.1, -0.05) is 30.3 Å². The fourth-order valence-electron chi connectivity index (χ4n) is 2.16. The summed E-state index contributed by atoms with van der Waals surface area (Å²) in [5.41, 5.74) is 0.468. The lowest BCUT2D eigenvalue weighted by Gasteiger charge is -2.16. The van der Waals surface area contributed by atoms with Crippen molar-refractivity contribution in [1.82, 2.24) is 0 Å². The predicted octanol–water partition coefficient (Wildman–Crippen LogP) is 0.00490. The van der Waals surface area contributed by atoms with Gasteiger partial charge in [-0.3, -0.25) is 4.79 Å². The van der Waals surface area contributed by atoms with Crippen molar-refractivity contribution >= 4 is 5.78 Å². The summed E-state index contributed by atoms with van der Waals surface area (Å²) in [5.74, 6) is -0.305. The highest BCUT2D eigenvalue weighted by Crippen LogP contribution is 2.25. The van der Waals surface area contributed by atoms with E-state index in [2.05, 4.69) is 0 Å². The minimum absolute atomic E-state index is 0.297. The third-order valence-electron chi connectivity index (χ3n) is 3.10. The van der Waals surface area contributed by atoms with Crippen LogP contribution in [0.3, 0.4) is 0 Å². The lowest BCUT2D eigenvalue weighted by atomic mass is 10.00. The first-order chi connectivity index (χ1) is 8.69. The number of carbonyl (C=O) groups is 1. The van der Waals surface area contributed by atoms with Crippen molar-refractivity contribution < 1.29 is 24.5 Å². The number of hydrogen-bond acceptors (Lipinski definition) is 5. The van der Waals surface area contributed by atoms with Gasteiger partial charge in [-0.05, 0) is 0 Å². The second kappa shape index (κ2) is 5.58. The molecule has 1 aliphatic heterocycles. The van der Waals surface area contributed by atoms with Crippen LogP contribution >= 0.6 is 0 Å². The Morgan fingerprint density at radius 3 is 2.56 bits per heavy atom. The average Bonchev–Trinajstić information content (AvgIpc) is 2.75. The van der Waals surface area contributed by atoms with Crippen molar-refractivity contribution in [2.45, 2.75) is 24.4 Å². The van der Waals surface area contributed by atoms with E-state index in [4.69, 9.17) is 14.6 Å². The van der Waals surface area contributed by atoms with Crippen molar-refractivity contribution in [1.29, 1.82) is 0 Å². The van der Waals surface area contributed by atoms with Gasteiger partial charge in [0, 0.05) is 12.7 Å². The summed E-state index contributed by atoms with van der Waals surface area (Å²) in [6.45, 7) is -0.297. The Bertz CT molecular complexity index is 405. The van der Waals surface area contributed by atoms with E-state index in [0.29, 0.717) is 5.56 Å². The number of aliphatic hydroxyl groups excluding tert-OH is 2. The Morgan fingerprint density at radius 2 is 2.06 bits per heavy atom. The number of hydrogen-bond donors (Lipinski definition) is 2. The summed E-state index contributed by atoms with van der Waals surface area (Å²) in [5, 5.41) is 19.1. The van der Waals surface area contributed by atoms with Crippen LogP contribution in [-0.2, 0) is 9.47 Å². The Labute approximate surface area is 105 Å². The molecule has 0 amide bonds. The van der Waals surface area contributed by atoms with Gasteiger partial charge in [-0.25, -0.2) is 0 Å². The van der Waals surface area contributed by atoms with Crippen LogP contribution in [0.1, 0.15) is 10.4 Å². The highest BCUT2D eigenvalue weighted by molar-refractivity contribution is 6.00. The molecular weight excluding hydrogens is 236 g/mol. The molecule has 1 fully saturated rings. The fraction of sp³-hybridized carbons (Fsp3) is 0.462. The molecule has 0 radical (unpaired) electrons. The summed E-state index contributed by atoms with van der Waals surface area (Å²) in [7, 11) is 1.41. The highest BCUT2D eigenvalue weighted by atomic mass is 16.6. The van der Waals surface area contributed by atoms with Gasteiger partial charge in [0.15, 0.2) is 5.78 Å². The molecule has 98 valence electrons. The molecular formula is C13H16O5. The van der Waals surface area contributed by atoms with E-state index in [9.17, 15) is 9.90 Å². The van der Waals surface area contributed by atoms with E-state index in [-0.39, 0.29) is 12.4 Å². The molecule has 0 saturated carbocycles. The van der Waals surface area contributed by atoms with Crippen molar-refractivity contribution in [3.63, 3.8) is 0 Å². The topological polar surface area (TPSA) is 76.0 Å². The van der Waals surface area contributed by atoms with Gasteiger partial charge in [0.1, 0.15) is 24.4 Å². The molecule has 18 heavy (non-hydrogen) atoms. The van der Waals surface area contributed by atoms with Crippen LogP contribution in [0.5, 0.6) is 0 Å². The third kappa shape index (κ3) is 2.30. The molecule has 5 heteroatoms. The van der Waals surface area contributed by atoms with E-state index in [1.54, 1.807) is 30.3 Å². The van der Waals surface area contributed by atoms with Crippen LogP contribution in [0.2, 0.25) is 0 Å². The van der Waals surface area contributed by atoms with Crippen molar-refractivity contribution in [2.75, 3.05) is 13.7 Å². The molecule has 1 aromatic rings. The Hall–Kier alpha value is -1.27. The summed E-state index contributed by atoms with van der Waals surface area (Å²) in [4.78, 5) is 12.2. The van der Waals surface area contributed by atoms with Crippen molar-refractivity contribution in [2.24, 2.45) is 0 Å². The number of ether oxygens (including phenoxy) is 2. The van der Waals surface area contributed by atoms with Crippen LogP contribution in [-0.4, -0.2) is 54.1 Å². The van der Waals surface area contributed by atoms with Gasteiger partial charge in [-0.15, -0.1) is 0 Å². The SMILES string of the molecule is COC1C(O)[C@H](C(=O)c2ccccc2)O[C@@H]1CO. The van der Waals surface area contributed by atoms with E-state index >= 15 is 0 Å². The molecule has 2 unspecified atom stereocenters. The summed E-state index contributed by atoms with van der Waals surface area (Å²) < 4.78 is 10.4. The summed E-state index contributed by atoms with van der Waals surface area (Å²) in [6.07, 6.45) is -3.43. The monoisotopic (exact) mass is 252 g/mol. The van der Waals surface area contributed by atoms with Crippen LogP contribution < -0.4 is 0 Å². The maximum Gasteiger partial charge on any atom is 0.194 e. The van der Waals surface area contributed by atoms with E-state index in [1.165, 1.54) is 7.11 Å². The van der Waals surface area contributed by atoms with Crippen LogP contribution in [0.4, 0.5) is 0 Å². The summed E-state index contributed by atoms with van der Waals surface area (Å²) in [6, 6.07) is 8.61. The first kappa shape index (κ1) is 13.2. The largest absolute Gasteiger partial charge is 0.394 e. The highest BCUT2D eigenvalue weighted by Gasteiger charge is 2.47. The molecule has 1 heterocycles. The van der Waals surface area contributed by atoms with Gasteiger partial charge >= 0.3 is 0 Å². The zero-order valence-corrected chi connectivity index (χ0v) is 10.0. The lowest BCUT2D eigenvalue weighted by molar-refractivity contribution is -0.0337. The Kier molecular flexibility index (Phi) is 4.08. The molecule has 0 aromatic heterocycles. The number of rotatable bonds is 4. The Balaban J connectivity index is 2.17. The molecule has 1 aromatic carbocycles. The minimum atomic E-state index is -1.07. The Morgan fingerprint density at radius 1 is 1.39 bits per heavy atom. The molecule has 0 aliphatic carbocycles. The molecule has 5 nitrogen and oxygen atoms in total. The number of methoxy groups -OCH3 is 1. The van der Waals surface area contributed by atoms with E-state index in [1.807, 2.05) is 0 Å². The van der Waals surface area contributed by atoms with Gasteiger partial charge in [-0.2, -0.15) is 0 Å². The second-order valence-electron chi connectivity index (χ2n) is 4.20. The summed E-state index contributed by atoms with van der Waals surface area (Å²) >= 11 is 0. The first-order valence-electron chi connectivity index (χ1n) is 5.75. The smallest absolute Gasteiger partial charge is 0.194 e. The molecule has 2 N–H and O–H groups in total. The average molecular weight is 252 g/mol. The van der Waals surface area contributed by atoms with E-state index in [0.717, 1.165) is 0 Å². The van der Waals surface area contributed by atoms with Crippen LogP contribution in [0.15, 0.2) is 30.3 Å². The number of benzene rings is 1. The van der Waals surface area contributed by atoms with Crippen molar-refractivity contribution in [3.8, 4) is 0 Å². The maximum absolute atomic E-state index is 12.2. The predicted molar refractivity (Wildman–Crippen MR) is 63.3 cm³/mol. The normalized spacial score (nSPS) is 31.5. The van der Waals surface area contributed by atoms with Gasteiger partial charge in [0.2, 0.25) is 0 Å². The number of Topliss-reactive ketones (excluding diaryl/α,β-unsaturated/α-hetero) is 1. The van der Waals surface area contributed by atoms with Crippen LogP contribution in [0, 0.1) is 0 Å². The third-order valence-corrected chi connectivity index (χ3v) is 3.10. The lowest BCUT2D eigenvalue weighted by Crippen LogP contribution is -2.38. The fourth-order valence-corrected chi connectivity index (χ4v) is 2.16. The zero-order chi connectivity index (χ0) is 13.1. The number of ketones is 1. The van der Waals surface area contributed by atoms with Gasteiger partial charge < -0.3 is 19.7 Å². The quantitative estimate of drug-likeness (QED) is 0.738. The van der Waals surface area contributed by atoms with Crippen molar-refractivity contribution in [3.05, 3.63) is 35.9 Å². The second-order valence-corrected chi connectivity index (χ2v) is 4.20. The number of carbonyl (C=O) groups excluding carboxylic acids is 1. The molecule has 0 spiro atoms. The minimum Gasteiger partial charge on any atom is -0.394 e. The van der Waals surface area contributed by atoms with Gasteiger partial charge in [0.25, 0.3) is 0 Å². The van der Waals surface area contributed by atoms with Gasteiger partial charge in [0.05, 0.1) is 6.61 Å². The molecule has 4 atom stereocenters. The van der Waals surface area contributed by atoms with E-state index < -0.39 is 24.4 Å². The maximum atomic E-state index is 12.2. The number of aliphatic hydroxyl groups is 2. The first-order valence-corrected chi connectivity index (χ1v) is 5.75. The molecule has 2 rings (SSSR count). The van der Waals surface area contributed by atoms with Crippen LogP contribution in [0.25, 0.3) is 0 Å². The molecule has 1 saturated heterocycles. The zero-order valence-electron chi connectivity index (χ0n) is 10.0. The molecule has 0 bridgehead atoms.